The summed E-state index contributed by atoms with van der Waals surface area (Å²) in [4.78, 5) is 20.9. The van der Waals surface area contributed by atoms with Gasteiger partial charge < -0.3 is 14.1 Å². The molecule has 33 heavy (non-hydrogen) atoms. The summed E-state index contributed by atoms with van der Waals surface area (Å²) in [6, 6.07) is 9.65. The molecule has 172 valence electrons. The molecule has 1 fully saturated rings. The van der Waals surface area contributed by atoms with Crippen LogP contribution in [0.4, 0.5) is 0 Å². The highest BCUT2D eigenvalue weighted by Crippen LogP contribution is 2.35. The summed E-state index contributed by atoms with van der Waals surface area (Å²) < 4.78 is 8.26. The monoisotopic (exact) mass is 445 g/mol. The van der Waals surface area contributed by atoms with Crippen LogP contribution in [0.1, 0.15) is 43.6 Å². The van der Waals surface area contributed by atoms with Crippen LogP contribution < -0.4 is 5.43 Å². The summed E-state index contributed by atoms with van der Waals surface area (Å²) in [5.41, 5.74) is 4.17. The maximum Gasteiger partial charge on any atom is 0.203 e. The Bertz CT molecular complexity index is 1420. The average molecular weight is 446 g/mol. The fourth-order valence-electron chi connectivity index (χ4n) is 5.25. The number of phenolic OH excluding ortho intramolecular Hbond substituents is 1. The number of imidazole rings is 1. The van der Waals surface area contributed by atoms with E-state index in [2.05, 4.69) is 11.8 Å². The lowest BCUT2D eigenvalue weighted by Gasteiger charge is -2.31. The molecule has 1 saturated heterocycles. The van der Waals surface area contributed by atoms with Crippen molar-refractivity contribution in [3.8, 4) is 17.1 Å². The SMILES string of the molecule is CCc1cc2c(=O)c(-c3nc4ccccc4n3C)c(C)oc2c(CN2CCC[C@H](C)C2)c1O. The van der Waals surface area contributed by atoms with Crippen molar-refractivity contribution < 1.29 is 9.52 Å². The highest BCUT2D eigenvalue weighted by molar-refractivity contribution is 5.88. The molecule has 0 unspecified atom stereocenters. The van der Waals surface area contributed by atoms with E-state index < -0.39 is 0 Å². The first-order chi connectivity index (χ1) is 15.9. The number of fused-ring (bicyclic) bond motifs is 2. The second-order valence-corrected chi connectivity index (χ2v) is 9.42. The molecule has 0 radical (unpaired) electrons. The van der Waals surface area contributed by atoms with E-state index >= 15 is 0 Å². The number of benzene rings is 2. The van der Waals surface area contributed by atoms with Gasteiger partial charge in [-0.2, -0.15) is 0 Å². The van der Waals surface area contributed by atoms with Crippen molar-refractivity contribution in [1.29, 1.82) is 0 Å². The number of likely N-dealkylation sites (tertiary alicyclic amines) is 1. The highest BCUT2D eigenvalue weighted by Gasteiger charge is 2.25. The summed E-state index contributed by atoms with van der Waals surface area (Å²) in [5, 5.41) is 11.6. The normalized spacial score (nSPS) is 17.3. The number of piperidine rings is 1. The van der Waals surface area contributed by atoms with Crippen LogP contribution in [-0.4, -0.2) is 32.6 Å². The van der Waals surface area contributed by atoms with Gasteiger partial charge >= 0.3 is 0 Å². The molecule has 0 aliphatic carbocycles. The first-order valence-corrected chi connectivity index (χ1v) is 11.8. The van der Waals surface area contributed by atoms with Crippen molar-refractivity contribution in [3.63, 3.8) is 0 Å². The van der Waals surface area contributed by atoms with Gasteiger partial charge in [0.15, 0.2) is 0 Å². The molecule has 0 amide bonds. The zero-order valence-corrected chi connectivity index (χ0v) is 19.8. The van der Waals surface area contributed by atoms with E-state index in [1.165, 1.54) is 6.42 Å². The van der Waals surface area contributed by atoms with Gasteiger partial charge in [0, 0.05) is 20.1 Å². The number of nitrogens with zero attached hydrogens (tertiary/aromatic N) is 3. The molecule has 5 rings (SSSR count). The molecule has 0 saturated carbocycles. The summed E-state index contributed by atoms with van der Waals surface area (Å²) >= 11 is 0. The van der Waals surface area contributed by atoms with Gasteiger partial charge in [-0.3, -0.25) is 9.69 Å². The highest BCUT2D eigenvalue weighted by atomic mass is 16.3. The van der Waals surface area contributed by atoms with Crippen molar-refractivity contribution in [2.45, 2.75) is 46.6 Å². The van der Waals surface area contributed by atoms with Crippen LogP contribution in [0.25, 0.3) is 33.4 Å². The lowest BCUT2D eigenvalue weighted by atomic mass is 9.97. The lowest BCUT2D eigenvalue weighted by Crippen LogP contribution is -2.33. The van der Waals surface area contributed by atoms with Crippen LogP contribution in [0, 0.1) is 12.8 Å². The third-order valence-electron chi connectivity index (χ3n) is 7.02. The summed E-state index contributed by atoms with van der Waals surface area (Å²) in [5.74, 6) is 1.99. The Balaban J connectivity index is 1.72. The third kappa shape index (κ3) is 3.62. The third-order valence-corrected chi connectivity index (χ3v) is 7.02. The Morgan fingerprint density at radius 2 is 2.06 bits per heavy atom. The summed E-state index contributed by atoms with van der Waals surface area (Å²) in [6.07, 6.45) is 3.01. The largest absolute Gasteiger partial charge is 0.507 e. The van der Waals surface area contributed by atoms with E-state index in [4.69, 9.17) is 9.40 Å². The molecule has 1 aliphatic heterocycles. The second kappa shape index (κ2) is 8.34. The van der Waals surface area contributed by atoms with Crippen LogP contribution in [0.15, 0.2) is 39.5 Å². The minimum Gasteiger partial charge on any atom is -0.507 e. The van der Waals surface area contributed by atoms with E-state index in [0.717, 1.165) is 41.7 Å². The Morgan fingerprint density at radius 1 is 1.27 bits per heavy atom. The van der Waals surface area contributed by atoms with E-state index in [1.807, 2.05) is 49.7 Å². The molecule has 6 heteroatoms. The van der Waals surface area contributed by atoms with Crippen LogP contribution in [0.2, 0.25) is 0 Å². The fourth-order valence-corrected chi connectivity index (χ4v) is 5.25. The summed E-state index contributed by atoms with van der Waals surface area (Å²) in [6.45, 7) is 8.62. The smallest absolute Gasteiger partial charge is 0.203 e. The molecular weight excluding hydrogens is 414 g/mol. The van der Waals surface area contributed by atoms with E-state index in [1.54, 1.807) is 6.07 Å². The van der Waals surface area contributed by atoms with E-state index in [9.17, 15) is 9.90 Å². The Hall–Kier alpha value is -3.12. The molecular formula is C27H31N3O3. The quantitative estimate of drug-likeness (QED) is 0.470. The summed E-state index contributed by atoms with van der Waals surface area (Å²) in [7, 11) is 1.92. The molecule has 1 aliphatic rings. The topological polar surface area (TPSA) is 71.5 Å². The van der Waals surface area contributed by atoms with Gasteiger partial charge in [-0.1, -0.05) is 26.0 Å². The maximum absolute atomic E-state index is 13.8. The molecule has 1 atom stereocenters. The van der Waals surface area contributed by atoms with Crippen LogP contribution >= 0.6 is 0 Å². The van der Waals surface area contributed by atoms with Crippen LogP contribution in [0.5, 0.6) is 5.75 Å². The second-order valence-electron chi connectivity index (χ2n) is 9.42. The van der Waals surface area contributed by atoms with Gasteiger partial charge in [-0.15, -0.1) is 0 Å². The Labute approximate surface area is 193 Å². The van der Waals surface area contributed by atoms with Gasteiger partial charge in [0.1, 0.15) is 28.5 Å². The fraction of sp³-hybridized carbons (Fsp3) is 0.407. The van der Waals surface area contributed by atoms with Gasteiger partial charge in [-0.05, 0) is 62.4 Å². The molecule has 0 spiro atoms. The number of aryl methyl sites for hydroxylation is 3. The van der Waals surface area contributed by atoms with E-state index in [0.29, 0.717) is 47.0 Å². The zero-order valence-electron chi connectivity index (χ0n) is 19.8. The van der Waals surface area contributed by atoms with Gasteiger partial charge in [-0.25, -0.2) is 4.98 Å². The number of para-hydroxylation sites is 2. The molecule has 0 bridgehead atoms. The van der Waals surface area contributed by atoms with Gasteiger partial charge in [0.05, 0.1) is 22.0 Å². The molecule has 2 aromatic carbocycles. The molecule has 6 nitrogen and oxygen atoms in total. The molecule has 2 aromatic heterocycles. The minimum absolute atomic E-state index is 0.102. The number of aromatic hydroxyl groups is 1. The molecule has 1 N–H and O–H groups in total. The van der Waals surface area contributed by atoms with Crippen molar-refractivity contribution in [2.24, 2.45) is 13.0 Å². The van der Waals surface area contributed by atoms with Crippen LogP contribution in [-0.2, 0) is 20.0 Å². The standard InChI is InChI=1S/C27H31N3O3/c1-5-18-13-19-25(32)23(27-28-21-10-6-7-11-22(21)29(27)4)17(3)33-26(19)20(24(18)31)15-30-12-8-9-16(2)14-30/h6-7,10-11,13,16,31H,5,8-9,12,14-15H2,1-4H3/t16-/m0/s1. The lowest BCUT2D eigenvalue weighted by molar-refractivity contribution is 0.175. The van der Waals surface area contributed by atoms with Crippen molar-refractivity contribution in [3.05, 3.63) is 57.4 Å². The number of phenols is 1. The molecule has 4 aromatic rings. The Morgan fingerprint density at radius 3 is 2.79 bits per heavy atom. The van der Waals surface area contributed by atoms with Crippen molar-refractivity contribution in [2.75, 3.05) is 13.1 Å². The number of hydrogen-bond acceptors (Lipinski definition) is 5. The predicted molar refractivity (Wildman–Crippen MR) is 132 cm³/mol. The predicted octanol–water partition coefficient (Wildman–Crippen LogP) is 5.16. The average Bonchev–Trinajstić information content (AvgIpc) is 3.12. The van der Waals surface area contributed by atoms with Crippen molar-refractivity contribution in [1.82, 2.24) is 14.5 Å². The first-order valence-electron chi connectivity index (χ1n) is 11.8. The van der Waals surface area contributed by atoms with Gasteiger partial charge in [0.25, 0.3) is 0 Å². The Kier molecular flexibility index (Phi) is 5.49. The maximum atomic E-state index is 13.8. The number of hydrogen-bond donors (Lipinski definition) is 1. The van der Waals surface area contributed by atoms with E-state index in [-0.39, 0.29) is 11.2 Å². The zero-order chi connectivity index (χ0) is 23.3. The van der Waals surface area contributed by atoms with Crippen molar-refractivity contribution >= 4 is 22.0 Å². The first kappa shape index (κ1) is 21.7. The molecule has 3 heterocycles. The number of rotatable bonds is 4. The van der Waals surface area contributed by atoms with Gasteiger partial charge in [0.2, 0.25) is 5.43 Å². The minimum atomic E-state index is -0.102. The number of aromatic nitrogens is 2. The van der Waals surface area contributed by atoms with Crippen LogP contribution in [0.3, 0.4) is 0 Å².